The first kappa shape index (κ1) is 14.8. The fraction of sp³-hybridized carbons (Fsp3) is 0.368. The van der Waals surface area contributed by atoms with E-state index >= 15 is 0 Å². The van der Waals surface area contributed by atoms with Crippen LogP contribution in [0.15, 0.2) is 12.1 Å². The molecule has 0 spiro atoms. The van der Waals surface area contributed by atoms with E-state index in [0.717, 1.165) is 40.9 Å². The standard InChI is InChI=1S/C19H22N2O/c1-10-5-8-15(12(3)11(10)2)18-16(9-20)21-13(4)17(18)19(22)14-6-7-14/h5,8-9,14,20-21H,6-7H2,1-4H3. The summed E-state index contributed by atoms with van der Waals surface area (Å²) in [4.78, 5) is 15.9. The van der Waals surface area contributed by atoms with Gasteiger partial charge in [0.15, 0.2) is 5.78 Å². The molecule has 1 aliphatic rings. The summed E-state index contributed by atoms with van der Waals surface area (Å²) < 4.78 is 0. The van der Waals surface area contributed by atoms with E-state index in [1.807, 2.05) is 6.92 Å². The topological polar surface area (TPSA) is 56.7 Å². The quantitative estimate of drug-likeness (QED) is 0.633. The number of benzene rings is 1. The number of carbonyl (C=O) groups excluding carboxylic acids is 1. The number of rotatable bonds is 4. The third-order valence-electron chi connectivity index (χ3n) is 4.88. The number of nitrogens with one attached hydrogen (secondary N) is 2. The summed E-state index contributed by atoms with van der Waals surface area (Å²) >= 11 is 0. The zero-order valence-corrected chi connectivity index (χ0v) is 13.6. The molecule has 0 bridgehead atoms. The Labute approximate surface area is 131 Å². The molecule has 0 atom stereocenters. The van der Waals surface area contributed by atoms with Gasteiger partial charge in [0.25, 0.3) is 0 Å². The Kier molecular flexibility index (Phi) is 3.51. The van der Waals surface area contributed by atoms with Crippen LogP contribution in [0.25, 0.3) is 11.1 Å². The van der Waals surface area contributed by atoms with Crippen molar-refractivity contribution >= 4 is 12.0 Å². The van der Waals surface area contributed by atoms with Crippen LogP contribution < -0.4 is 0 Å². The SMILES string of the molecule is Cc1ccc(-c2c(C=N)[nH]c(C)c2C(=O)C2CC2)c(C)c1C. The average molecular weight is 294 g/mol. The van der Waals surface area contributed by atoms with Gasteiger partial charge in [-0.25, -0.2) is 0 Å². The maximum Gasteiger partial charge on any atom is 0.168 e. The van der Waals surface area contributed by atoms with E-state index in [1.54, 1.807) is 0 Å². The van der Waals surface area contributed by atoms with Gasteiger partial charge >= 0.3 is 0 Å². The van der Waals surface area contributed by atoms with Gasteiger partial charge in [-0.2, -0.15) is 0 Å². The van der Waals surface area contributed by atoms with E-state index in [0.29, 0.717) is 0 Å². The number of carbonyl (C=O) groups is 1. The maximum absolute atomic E-state index is 12.7. The molecule has 3 rings (SSSR count). The van der Waals surface area contributed by atoms with Crippen molar-refractivity contribution in [1.29, 1.82) is 5.41 Å². The monoisotopic (exact) mass is 294 g/mol. The molecule has 0 amide bonds. The first-order valence-electron chi connectivity index (χ1n) is 7.80. The van der Waals surface area contributed by atoms with Crippen molar-refractivity contribution in [3.8, 4) is 11.1 Å². The zero-order valence-electron chi connectivity index (χ0n) is 13.6. The highest BCUT2D eigenvalue weighted by molar-refractivity contribution is 6.09. The van der Waals surface area contributed by atoms with Crippen molar-refractivity contribution in [3.63, 3.8) is 0 Å². The highest BCUT2D eigenvalue weighted by atomic mass is 16.1. The summed E-state index contributed by atoms with van der Waals surface area (Å²) in [5.74, 6) is 0.410. The van der Waals surface area contributed by atoms with Gasteiger partial charge in [-0.1, -0.05) is 12.1 Å². The number of hydrogen-bond donors (Lipinski definition) is 2. The lowest BCUT2D eigenvalue weighted by Crippen LogP contribution is -2.05. The van der Waals surface area contributed by atoms with Crippen LogP contribution in [0.2, 0.25) is 0 Å². The minimum absolute atomic E-state index is 0.179. The smallest absolute Gasteiger partial charge is 0.168 e. The number of ketones is 1. The number of aromatic amines is 1. The lowest BCUT2D eigenvalue weighted by atomic mass is 9.90. The van der Waals surface area contributed by atoms with E-state index in [2.05, 4.69) is 37.9 Å². The molecule has 1 fully saturated rings. The average Bonchev–Trinajstić information content (AvgIpc) is 3.28. The van der Waals surface area contributed by atoms with Crippen molar-refractivity contribution in [2.45, 2.75) is 40.5 Å². The summed E-state index contributed by atoms with van der Waals surface area (Å²) in [6.45, 7) is 8.24. The van der Waals surface area contributed by atoms with E-state index in [1.165, 1.54) is 22.9 Å². The molecule has 3 heteroatoms. The van der Waals surface area contributed by atoms with Crippen LogP contribution in [0.3, 0.4) is 0 Å². The van der Waals surface area contributed by atoms with Crippen LogP contribution in [0, 0.1) is 39.0 Å². The summed E-state index contributed by atoms with van der Waals surface area (Å²) in [5.41, 5.74) is 8.05. The lowest BCUT2D eigenvalue weighted by molar-refractivity contribution is 0.0968. The molecule has 1 aromatic heterocycles. The van der Waals surface area contributed by atoms with E-state index in [4.69, 9.17) is 5.41 Å². The van der Waals surface area contributed by atoms with Crippen molar-refractivity contribution < 1.29 is 4.79 Å². The molecule has 2 aromatic rings. The second-order valence-corrected chi connectivity index (χ2v) is 6.38. The van der Waals surface area contributed by atoms with Crippen LogP contribution in [-0.4, -0.2) is 17.0 Å². The molecule has 1 aromatic carbocycles. The molecule has 0 radical (unpaired) electrons. The van der Waals surface area contributed by atoms with E-state index in [-0.39, 0.29) is 11.7 Å². The zero-order chi connectivity index (χ0) is 16.0. The highest BCUT2D eigenvalue weighted by Gasteiger charge is 2.34. The Balaban J connectivity index is 2.27. The van der Waals surface area contributed by atoms with Gasteiger partial charge in [0, 0.05) is 29.0 Å². The largest absolute Gasteiger partial charge is 0.357 e. The maximum atomic E-state index is 12.7. The number of hydrogen-bond acceptors (Lipinski definition) is 2. The molecule has 3 nitrogen and oxygen atoms in total. The molecule has 1 heterocycles. The Morgan fingerprint density at radius 1 is 1.18 bits per heavy atom. The second kappa shape index (κ2) is 5.24. The van der Waals surface area contributed by atoms with Crippen LogP contribution in [0.5, 0.6) is 0 Å². The molecule has 22 heavy (non-hydrogen) atoms. The van der Waals surface area contributed by atoms with E-state index in [9.17, 15) is 4.79 Å². The molecule has 2 N–H and O–H groups in total. The molecule has 1 saturated carbocycles. The minimum atomic E-state index is 0.179. The van der Waals surface area contributed by atoms with Gasteiger partial charge in [-0.3, -0.25) is 4.79 Å². The molecule has 114 valence electrons. The summed E-state index contributed by atoms with van der Waals surface area (Å²) in [6.07, 6.45) is 3.31. The van der Waals surface area contributed by atoms with Gasteiger partial charge in [0.2, 0.25) is 0 Å². The highest BCUT2D eigenvalue weighted by Crippen LogP contribution is 2.39. The minimum Gasteiger partial charge on any atom is -0.357 e. The molecule has 0 saturated heterocycles. The van der Waals surface area contributed by atoms with Crippen LogP contribution in [0.1, 0.15) is 51.3 Å². The van der Waals surface area contributed by atoms with E-state index < -0.39 is 0 Å². The van der Waals surface area contributed by atoms with Gasteiger partial charge in [-0.15, -0.1) is 0 Å². The lowest BCUT2D eigenvalue weighted by Gasteiger charge is -2.13. The van der Waals surface area contributed by atoms with Gasteiger partial charge in [0.05, 0.1) is 5.69 Å². The third kappa shape index (κ3) is 2.21. The van der Waals surface area contributed by atoms with Crippen LogP contribution in [0.4, 0.5) is 0 Å². The molecular weight excluding hydrogens is 272 g/mol. The summed E-state index contributed by atoms with van der Waals surface area (Å²) in [5, 5.41) is 7.71. The molecule has 1 aliphatic carbocycles. The third-order valence-corrected chi connectivity index (χ3v) is 4.88. The number of aromatic nitrogens is 1. The van der Waals surface area contributed by atoms with Gasteiger partial charge < -0.3 is 10.4 Å². The second-order valence-electron chi connectivity index (χ2n) is 6.38. The van der Waals surface area contributed by atoms with Gasteiger partial charge in [0.1, 0.15) is 0 Å². The Morgan fingerprint density at radius 2 is 1.86 bits per heavy atom. The predicted octanol–water partition coefficient (Wildman–Crippen LogP) is 4.51. The van der Waals surface area contributed by atoms with Crippen molar-refractivity contribution in [3.05, 3.63) is 45.8 Å². The number of H-pyrrole nitrogens is 1. The fourth-order valence-electron chi connectivity index (χ4n) is 3.12. The van der Waals surface area contributed by atoms with Gasteiger partial charge in [-0.05, 0) is 62.8 Å². The Bertz CT molecular complexity index is 779. The van der Waals surface area contributed by atoms with Crippen molar-refractivity contribution in [2.75, 3.05) is 0 Å². The first-order valence-corrected chi connectivity index (χ1v) is 7.80. The molecule has 0 aliphatic heterocycles. The Morgan fingerprint density at radius 3 is 2.45 bits per heavy atom. The summed E-state index contributed by atoms with van der Waals surface area (Å²) in [6, 6.07) is 4.18. The molecule has 0 unspecified atom stereocenters. The molecular formula is C19H22N2O. The van der Waals surface area contributed by atoms with Crippen molar-refractivity contribution in [1.82, 2.24) is 4.98 Å². The predicted molar refractivity (Wildman–Crippen MR) is 90.1 cm³/mol. The first-order chi connectivity index (χ1) is 10.5. The van der Waals surface area contributed by atoms with Crippen LogP contribution in [-0.2, 0) is 0 Å². The summed E-state index contributed by atoms with van der Waals surface area (Å²) in [7, 11) is 0. The fourth-order valence-corrected chi connectivity index (χ4v) is 3.12. The van der Waals surface area contributed by atoms with Crippen LogP contribution >= 0.6 is 0 Å². The number of Topliss-reactive ketones (excluding diaryl/α,β-unsaturated/α-hetero) is 1. The number of aryl methyl sites for hydroxylation is 2. The normalized spacial score (nSPS) is 14.2. The Hall–Kier alpha value is -2.16. The van der Waals surface area contributed by atoms with Crippen molar-refractivity contribution in [2.24, 2.45) is 5.92 Å².